The average Bonchev–Trinajstić information content (AvgIpc) is 2.94. The number of hydrogen-bond donors (Lipinski definition) is 0. The molecule has 0 saturated carbocycles. The highest BCUT2D eigenvalue weighted by molar-refractivity contribution is 5.85. The zero-order valence-corrected chi connectivity index (χ0v) is 17.9. The van der Waals surface area contributed by atoms with Gasteiger partial charge >= 0.3 is 0 Å². The molecule has 0 spiro atoms. The summed E-state index contributed by atoms with van der Waals surface area (Å²) in [7, 11) is 0. The van der Waals surface area contributed by atoms with Gasteiger partial charge in [-0.05, 0) is 38.5 Å². The molecule has 0 N–H and O–H groups in total. The summed E-state index contributed by atoms with van der Waals surface area (Å²) in [5.74, 6) is 2.41. The Hall–Kier alpha value is -2.18. The van der Waals surface area contributed by atoms with E-state index in [1.165, 1.54) is 19.3 Å². The number of imidazole rings is 1. The van der Waals surface area contributed by atoms with Crippen LogP contribution in [0.25, 0.3) is 11.2 Å². The number of aromatic nitrogens is 4. The van der Waals surface area contributed by atoms with Crippen molar-refractivity contribution >= 4 is 22.9 Å². The molecule has 158 valence electrons. The van der Waals surface area contributed by atoms with E-state index in [-0.39, 0.29) is 5.92 Å². The first kappa shape index (κ1) is 20.1. The minimum absolute atomic E-state index is 0.0484. The number of aryl methyl sites for hydroxylation is 2. The van der Waals surface area contributed by atoms with Gasteiger partial charge in [0.2, 0.25) is 5.91 Å². The van der Waals surface area contributed by atoms with Gasteiger partial charge in [-0.25, -0.2) is 15.0 Å². The van der Waals surface area contributed by atoms with Crippen LogP contribution in [0.15, 0.2) is 6.33 Å². The second-order valence-electron chi connectivity index (χ2n) is 8.47. The highest BCUT2D eigenvalue weighted by Crippen LogP contribution is 2.30. The van der Waals surface area contributed by atoms with Gasteiger partial charge in [0.25, 0.3) is 0 Å². The second kappa shape index (κ2) is 9.09. The van der Waals surface area contributed by atoms with Crippen LogP contribution in [0.1, 0.15) is 64.6 Å². The third-order valence-corrected chi connectivity index (χ3v) is 6.24. The molecule has 2 aliphatic rings. The minimum Gasteiger partial charge on any atom is -0.354 e. The van der Waals surface area contributed by atoms with Gasteiger partial charge in [-0.2, -0.15) is 0 Å². The van der Waals surface area contributed by atoms with Crippen LogP contribution in [0.2, 0.25) is 0 Å². The van der Waals surface area contributed by atoms with Gasteiger partial charge < -0.3 is 14.4 Å². The van der Waals surface area contributed by atoms with Gasteiger partial charge in [0.15, 0.2) is 17.0 Å². The van der Waals surface area contributed by atoms with E-state index in [9.17, 15) is 4.79 Å². The van der Waals surface area contributed by atoms with Crippen molar-refractivity contribution in [1.29, 1.82) is 0 Å². The van der Waals surface area contributed by atoms with Crippen LogP contribution < -0.4 is 4.90 Å². The van der Waals surface area contributed by atoms with Gasteiger partial charge in [0, 0.05) is 39.1 Å². The summed E-state index contributed by atoms with van der Waals surface area (Å²) in [6, 6.07) is 0. The smallest absolute Gasteiger partial charge is 0.227 e. The number of rotatable bonds is 6. The zero-order valence-electron chi connectivity index (χ0n) is 17.9. The molecule has 4 rings (SSSR count). The minimum atomic E-state index is 0.0484. The van der Waals surface area contributed by atoms with Crippen molar-refractivity contribution in [3.05, 3.63) is 12.2 Å². The Morgan fingerprint density at radius 3 is 2.72 bits per heavy atom. The fourth-order valence-electron chi connectivity index (χ4n) is 4.86. The first-order chi connectivity index (χ1) is 14.2. The summed E-state index contributed by atoms with van der Waals surface area (Å²) < 4.78 is 2.28. The third-order valence-electron chi connectivity index (χ3n) is 6.24. The summed E-state index contributed by atoms with van der Waals surface area (Å²) in [5, 5.41) is 0. The maximum atomic E-state index is 13.2. The van der Waals surface area contributed by atoms with Crippen LogP contribution in [0, 0.1) is 5.92 Å². The molecule has 0 radical (unpaired) electrons. The topological polar surface area (TPSA) is 67.2 Å². The lowest BCUT2D eigenvalue weighted by molar-refractivity contribution is -0.135. The van der Waals surface area contributed by atoms with Crippen molar-refractivity contribution in [2.75, 3.05) is 31.1 Å². The predicted octanol–water partition coefficient (Wildman–Crippen LogP) is 3.42. The molecule has 2 aromatic rings. The molecule has 1 fully saturated rings. The Morgan fingerprint density at radius 2 is 1.93 bits per heavy atom. The van der Waals surface area contributed by atoms with Gasteiger partial charge in [-0.1, -0.05) is 20.3 Å². The van der Waals surface area contributed by atoms with Crippen LogP contribution in [0.4, 0.5) is 5.82 Å². The Morgan fingerprint density at radius 1 is 1.10 bits per heavy atom. The molecule has 1 saturated heterocycles. The van der Waals surface area contributed by atoms with E-state index in [2.05, 4.69) is 38.2 Å². The molecule has 7 heteroatoms. The number of carbonyl (C=O) groups is 1. The van der Waals surface area contributed by atoms with Crippen molar-refractivity contribution < 1.29 is 4.79 Å². The maximum absolute atomic E-state index is 13.2. The first-order valence-corrected chi connectivity index (χ1v) is 11.5. The molecule has 0 aromatic carbocycles. The van der Waals surface area contributed by atoms with Crippen LogP contribution in [0.3, 0.4) is 0 Å². The van der Waals surface area contributed by atoms with Crippen molar-refractivity contribution in [2.45, 2.75) is 71.8 Å². The fraction of sp³-hybridized carbons (Fsp3) is 0.727. The van der Waals surface area contributed by atoms with Crippen molar-refractivity contribution in [3.63, 3.8) is 0 Å². The number of piperidine rings is 1. The Labute approximate surface area is 173 Å². The van der Waals surface area contributed by atoms with E-state index < -0.39 is 0 Å². The Kier molecular flexibility index (Phi) is 6.31. The van der Waals surface area contributed by atoms with E-state index in [1.807, 2.05) is 0 Å². The molecule has 29 heavy (non-hydrogen) atoms. The molecule has 4 heterocycles. The van der Waals surface area contributed by atoms with E-state index in [1.54, 1.807) is 6.33 Å². The average molecular weight is 399 g/mol. The fourth-order valence-corrected chi connectivity index (χ4v) is 4.86. The SMILES string of the molecule is CCCN(CCC)C(=O)[C@@H]1CCCN(c2ncnc3c2nc2n3CCCCC2)C1. The van der Waals surface area contributed by atoms with Crippen LogP contribution in [-0.2, 0) is 17.8 Å². The monoisotopic (exact) mass is 398 g/mol. The molecule has 2 aromatic heterocycles. The molecule has 1 atom stereocenters. The lowest BCUT2D eigenvalue weighted by atomic mass is 9.96. The maximum Gasteiger partial charge on any atom is 0.227 e. The first-order valence-electron chi connectivity index (χ1n) is 11.5. The molecular weight excluding hydrogens is 364 g/mol. The van der Waals surface area contributed by atoms with Crippen molar-refractivity contribution in [3.8, 4) is 0 Å². The molecule has 0 aliphatic carbocycles. The van der Waals surface area contributed by atoms with Gasteiger partial charge in [0.05, 0.1) is 5.92 Å². The van der Waals surface area contributed by atoms with E-state index >= 15 is 0 Å². The lowest BCUT2D eigenvalue weighted by Gasteiger charge is -2.35. The van der Waals surface area contributed by atoms with Crippen LogP contribution in [-0.4, -0.2) is 56.5 Å². The highest BCUT2D eigenvalue weighted by Gasteiger charge is 2.31. The third kappa shape index (κ3) is 4.09. The number of anilines is 1. The summed E-state index contributed by atoms with van der Waals surface area (Å²) >= 11 is 0. The Bertz CT molecular complexity index is 841. The van der Waals surface area contributed by atoms with Gasteiger partial charge in [-0.15, -0.1) is 0 Å². The largest absolute Gasteiger partial charge is 0.354 e. The van der Waals surface area contributed by atoms with Gasteiger partial charge in [-0.3, -0.25) is 4.79 Å². The van der Waals surface area contributed by atoms with E-state index in [4.69, 9.17) is 4.98 Å². The molecule has 7 nitrogen and oxygen atoms in total. The summed E-state index contributed by atoms with van der Waals surface area (Å²) in [6.45, 7) is 8.65. The zero-order chi connectivity index (χ0) is 20.2. The standard InChI is InChI=1S/C22H34N6O/c1-3-11-26(12-4-2)22(29)17-9-8-13-27(15-17)20-19-21(24-16-23-20)28-14-7-5-6-10-18(28)25-19/h16-17H,3-15H2,1-2H3/t17-/m1/s1. The van der Waals surface area contributed by atoms with E-state index in [0.717, 1.165) is 87.6 Å². The van der Waals surface area contributed by atoms with Crippen LogP contribution >= 0.6 is 0 Å². The molecular formula is C22H34N6O. The highest BCUT2D eigenvalue weighted by atomic mass is 16.2. The number of amides is 1. The van der Waals surface area contributed by atoms with Crippen molar-refractivity contribution in [1.82, 2.24) is 24.4 Å². The normalized spacial score (nSPS) is 19.8. The quantitative estimate of drug-likeness (QED) is 0.746. The number of nitrogens with zero attached hydrogens (tertiary/aromatic N) is 6. The number of carbonyl (C=O) groups excluding carboxylic acids is 1. The summed E-state index contributed by atoms with van der Waals surface area (Å²) in [6.07, 6.45) is 10.3. The molecule has 0 unspecified atom stereocenters. The van der Waals surface area contributed by atoms with Crippen molar-refractivity contribution in [2.24, 2.45) is 5.92 Å². The summed E-state index contributed by atoms with van der Waals surface area (Å²) in [4.78, 5) is 31.6. The summed E-state index contributed by atoms with van der Waals surface area (Å²) in [5.41, 5.74) is 1.87. The number of hydrogen-bond acceptors (Lipinski definition) is 5. The number of fused-ring (bicyclic) bond motifs is 3. The molecule has 0 bridgehead atoms. The predicted molar refractivity (Wildman–Crippen MR) is 115 cm³/mol. The van der Waals surface area contributed by atoms with Gasteiger partial charge in [0.1, 0.15) is 12.2 Å². The Balaban J connectivity index is 1.58. The lowest BCUT2D eigenvalue weighted by Crippen LogP contribution is -2.45. The molecule has 2 aliphatic heterocycles. The molecule has 1 amide bonds. The second-order valence-corrected chi connectivity index (χ2v) is 8.47. The van der Waals surface area contributed by atoms with E-state index in [0.29, 0.717) is 5.91 Å². The van der Waals surface area contributed by atoms with Crippen LogP contribution in [0.5, 0.6) is 0 Å².